The average molecular weight is 538 g/mol. The Kier molecular flexibility index (Phi) is 7.46. The number of aromatic carboxylic acids is 1. The van der Waals surface area contributed by atoms with Crippen LogP contribution in [-0.2, 0) is 18.4 Å². The van der Waals surface area contributed by atoms with Gasteiger partial charge >= 0.3 is 5.97 Å². The van der Waals surface area contributed by atoms with Gasteiger partial charge in [-0.3, -0.25) is 0 Å². The minimum atomic E-state index is -0.980. The number of aliphatic hydroxyl groups is 1. The minimum absolute atomic E-state index is 0.217. The lowest BCUT2D eigenvalue weighted by molar-refractivity contribution is 0.0697. The number of benzene rings is 4. The van der Waals surface area contributed by atoms with Gasteiger partial charge in [-0.1, -0.05) is 62.4 Å². The Balaban J connectivity index is 1.77. The van der Waals surface area contributed by atoms with E-state index >= 15 is 0 Å². The van der Waals surface area contributed by atoms with Crippen molar-refractivity contribution < 1.29 is 24.1 Å². The van der Waals surface area contributed by atoms with Gasteiger partial charge in [-0.25, -0.2) is 9.18 Å². The summed E-state index contributed by atoms with van der Waals surface area (Å²) < 4.78 is 22.5. The summed E-state index contributed by atoms with van der Waals surface area (Å²) in [5, 5.41) is 21.3. The molecule has 0 saturated heterocycles. The van der Waals surface area contributed by atoms with Gasteiger partial charge in [0.15, 0.2) is 0 Å². The van der Waals surface area contributed by atoms with Crippen LogP contribution in [-0.4, -0.2) is 26.9 Å². The summed E-state index contributed by atoms with van der Waals surface area (Å²) in [6.07, 6.45) is -0.236. The second-order valence-electron chi connectivity index (χ2n) is 10.6. The van der Waals surface area contributed by atoms with Crippen molar-refractivity contribution >= 4 is 16.9 Å². The molecule has 0 aliphatic rings. The third kappa shape index (κ3) is 5.23. The van der Waals surface area contributed by atoms with Crippen LogP contribution >= 0.6 is 0 Å². The third-order valence-corrected chi connectivity index (χ3v) is 7.61. The molecule has 204 valence electrons. The van der Waals surface area contributed by atoms with Gasteiger partial charge < -0.3 is 19.5 Å². The lowest BCUT2D eigenvalue weighted by Crippen LogP contribution is -2.34. The normalized spacial score (nSPS) is 12.4. The topological polar surface area (TPSA) is 71.7 Å². The molecule has 0 bridgehead atoms. The number of hydrogen-bond acceptors (Lipinski definition) is 3. The predicted octanol–water partition coefficient (Wildman–Crippen LogP) is 7.30. The minimum Gasteiger partial charge on any atom is -0.488 e. The lowest BCUT2D eigenvalue weighted by atomic mass is 9.80. The SMILES string of the molecule is CC(O)C(C)(C)c1c(Cc2ccc(C(=O)O)cc2)c2c(OCc3ccccc3)cccc2n1-c1ccc(F)cc1. The molecule has 5 aromatic rings. The molecule has 4 aromatic carbocycles. The van der Waals surface area contributed by atoms with E-state index in [0.717, 1.165) is 39.0 Å². The Morgan fingerprint density at radius 2 is 1.57 bits per heavy atom. The molecular formula is C34H32FNO4. The quantitative estimate of drug-likeness (QED) is 0.207. The average Bonchev–Trinajstić information content (AvgIpc) is 3.28. The van der Waals surface area contributed by atoms with Gasteiger partial charge in [0.2, 0.25) is 0 Å². The molecule has 0 aliphatic heterocycles. The van der Waals surface area contributed by atoms with Crippen molar-refractivity contribution in [2.24, 2.45) is 0 Å². The number of halogens is 1. The molecule has 5 nitrogen and oxygen atoms in total. The summed E-state index contributed by atoms with van der Waals surface area (Å²) in [5.74, 6) is -0.615. The summed E-state index contributed by atoms with van der Waals surface area (Å²) in [6, 6.07) is 29.0. The largest absolute Gasteiger partial charge is 0.488 e. The molecule has 40 heavy (non-hydrogen) atoms. The number of carboxylic acids is 1. The molecule has 2 N–H and O–H groups in total. The van der Waals surface area contributed by atoms with E-state index in [-0.39, 0.29) is 11.4 Å². The zero-order chi connectivity index (χ0) is 28.4. The van der Waals surface area contributed by atoms with E-state index < -0.39 is 17.5 Å². The molecule has 0 radical (unpaired) electrons. The Bertz CT molecular complexity index is 1640. The molecule has 5 rings (SSSR count). The van der Waals surface area contributed by atoms with Crippen molar-refractivity contribution in [3.05, 3.63) is 131 Å². The van der Waals surface area contributed by atoms with E-state index in [2.05, 4.69) is 4.57 Å². The van der Waals surface area contributed by atoms with Gasteiger partial charge in [-0.2, -0.15) is 0 Å². The first-order chi connectivity index (χ1) is 19.2. The van der Waals surface area contributed by atoms with Gasteiger partial charge in [0.05, 0.1) is 17.2 Å². The van der Waals surface area contributed by atoms with Crippen LogP contribution in [0.1, 0.15) is 53.5 Å². The Labute approximate surface area is 233 Å². The number of carboxylic acid groups (broad SMARTS) is 1. The Morgan fingerprint density at radius 1 is 0.900 bits per heavy atom. The van der Waals surface area contributed by atoms with Gasteiger partial charge in [0.1, 0.15) is 18.2 Å². The highest BCUT2D eigenvalue weighted by molar-refractivity contribution is 5.93. The first-order valence-corrected chi connectivity index (χ1v) is 13.3. The second kappa shape index (κ2) is 11.0. The number of hydrogen-bond donors (Lipinski definition) is 2. The first kappa shape index (κ1) is 27.2. The molecule has 1 aromatic heterocycles. The Morgan fingerprint density at radius 3 is 2.20 bits per heavy atom. The number of carbonyl (C=O) groups is 1. The Hall–Kier alpha value is -4.42. The maximum atomic E-state index is 14.0. The zero-order valence-corrected chi connectivity index (χ0v) is 22.8. The highest BCUT2D eigenvalue weighted by Gasteiger charge is 2.35. The molecule has 0 saturated carbocycles. The lowest BCUT2D eigenvalue weighted by Gasteiger charge is -2.31. The van der Waals surface area contributed by atoms with Crippen molar-refractivity contribution in [3.63, 3.8) is 0 Å². The van der Waals surface area contributed by atoms with Crippen molar-refractivity contribution in [2.75, 3.05) is 0 Å². The summed E-state index contributed by atoms with van der Waals surface area (Å²) in [6.45, 7) is 6.13. The maximum absolute atomic E-state index is 14.0. The summed E-state index contributed by atoms with van der Waals surface area (Å²) in [7, 11) is 0. The highest BCUT2D eigenvalue weighted by atomic mass is 19.1. The van der Waals surface area contributed by atoms with Gasteiger partial charge in [-0.15, -0.1) is 0 Å². The van der Waals surface area contributed by atoms with Gasteiger partial charge in [0.25, 0.3) is 0 Å². The number of aliphatic hydroxyl groups excluding tert-OH is 1. The van der Waals surface area contributed by atoms with Crippen molar-refractivity contribution in [1.29, 1.82) is 0 Å². The van der Waals surface area contributed by atoms with Gasteiger partial charge in [-0.05, 0) is 72.1 Å². The summed E-state index contributed by atoms with van der Waals surface area (Å²) in [4.78, 5) is 11.4. The summed E-state index contributed by atoms with van der Waals surface area (Å²) >= 11 is 0. The van der Waals surface area contributed by atoms with E-state index in [4.69, 9.17) is 4.74 Å². The number of aromatic nitrogens is 1. The van der Waals surface area contributed by atoms with Crippen molar-refractivity contribution in [1.82, 2.24) is 4.57 Å². The first-order valence-electron chi connectivity index (χ1n) is 13.3. The van der Waals surface area contributed by atoms with E-state index in [1.165, 1.54) is 12.1 Å². The zero-order valence-electron chi connectivity index (χ0n) is 22.8. The number of ether oxygens (including phenoxy) is 1. The number of nitrogens with zero attached hydrogens (tertiary/aromatic N) is 1. The molecule has 0 spiro atoms. The van der Waals surface area contributed by atoms with Crippen molar-refractivity contribution in [2.45, 2.75) is 45.3 Å². The molecule has 0 aliphatic carbocycles. The fourth-order valence-corrected chi connectivity index (χ4v) is 5.11. The second-order valence-corrected chi connectivity index (χ2v) is 10.6. The van der Waals surface area contributed by atoms with E-state index in [1.54, 1.807) is 31.2 Å². The van der Waals surface area contributed by atoms with Crippen LogP contribution in [0.25, 0.3) is 16.6 Å². The molecule has 6 heteroatoms. The third-order valence-electron chi connectivity index (χ3n) is 7.61. The monoisotopic (exact) mass is 537 g/mol. The fourth-order valence-electron chi connectivity index (χ4n) is 5.11. The molecule has 1 atom stereocenters. The van der Waals surface area contributed by atoms with Crippen molar-refractivity contribution in [3.8, 4) is 11.4 Å². The predicted molar refractivity (Wildman–Crippen MR) is 155 cm³/mol. The molecular weight excluding hydrogens is 505 g/mol. The van der Waals surface area contributed by atoms with Crippen LogP contribution in [0, 0.1) is 5.82 Å². The van der Waals surface area contributed by atoms with Crippen LogP contribution in [0.5, 0.6) is 5.75 Å². The van der Waals surface area contributed by atoms with Crippen LogP contribution in [0.15, 0.2) is 97.1 Å². The summed E-state index contributed by atoms with van der Waals surface area (Å²) in [5.41, 5.74) is 4.94. The number of rotatable bonds is 9. The number of fused-ring (bicyclic) bond motifs is 1. The van der Waals surface area contributed by atoms with E-state index in [9.17, 15) is 19.4 Å². The van der Waals surface area contributed by atoms with E-state index in [0.29, 0.717) is 18.8 Å². The molecule has 1 heterocycles. The molecule has 1 unspecified atom stereocenters. The standard InChI is InChI=1S/C34H32FNO4/c1-22(37)34(2,3)32-28(20-23-12-14-25(15-13-23)33(38)39)31-29(36(32)27-18-16-26(35)17-19-27)10-7-11-30(31)40-21-24-8-5-4-6-9-24/h4-19,22,37H,20-21H2,1-3H3,(H,38,39). The molecule has 0 amide bonds. The highest BCUT2D eigenvalue weighted by Crippen LogP contribution is 2.43. The maximum Gasteiger partial charge on any atom is 0.335 e. The fraction of sp³-hybridized carbons (Fsp3) is 0.206. The van der Waals surface area contributed by atoms with E-state index in [1.807, 2.05) is 74.5 Å². The van der Waals surface area contributed by atoms with Crippen LogP contribution in [0.2, 0.25) is 0 Å². The smallest absolute Gasteiger partial charge is 0.335 e. The van der Waals surface area contributed by atoms with Crippen LogP contribution in [0.3, 0.4) is 0 Å². The van der Waals surface area contributed by atoms with Crippen LogP contribution in [0.4, 0.5) is 4.39 Å². The van der Waals surface area contributed by atoms with Crippen LogP contribution < -0.4 is 4.74 Å². The van der Waals surface area contributed by atoms with Gasteiger partial charge in [0, 0.05) is 28.6 Å². The molecule has 0 fully saturated rings.